The van der Waals surface area contributed by atoms with Gasteiger partial charge in [0.25, 0.3) is 0 Å². The molecule has 1 unspecified atom stereocenters. The van der Waals surface area contributed by atoms with Crippen LogP contribution in [-0.4, -0.2) is 9.97 Å². The van der Waals surface area contributed by atoms with Crippen molar-refractivity contribution in [2.75, 3.05) is 0 Å². The zero-order valence-electron chi connectivity index (χ0n) is 9.35. The van der Waals surface area contributed by atoms with Crippen LogP contribution >= 0.6 is 27.3 Å². The molecule has 90 valence electrons. The molecule has 0 radical (unpaired) electrons. The first-order valence-corrected chi connectivity index (χ1v) is 6.84. The van der Waals surface area contributed by atoms with Gasteiger partial charge in [-0.05, 0) is 34.5 Å². The summed E-state index contributed by atoms with van der Waals surface area (Å²) in [5, 5.41) is 2.05. The van der Waals surface area contributed by atoms with Crippen LogP contribution in [0.1, 0.15) is 22.3 Å². The minimum absolute atomic E-state index is 0.0545. The fraction of sp³-hybridized carbons (Fsp3) is 0.273. The molecule has 2 heterocycles. The maximum atomic E-state index is 5.56. The second-order valence-electron chi connectivity index (χ2n) is 3.77. The zero-order valence-corrected chi connectivity index (χ0v) is 11.8. The van der Waals surface area contributed by atoms with Gasteiger partial charge in [0.05, 0.1) is 6.04 Å². The lowest BCUT2D eigenvalue weighted by atomic mass is 10.2. The molecule has 6 heteroatoms. The first kappa shape index (κ1) is 12.6. The number of nitrogens with zero attached hydrogens (tertiary/aromatic N) is 2. The Labute approximate surface area is 112 Å². The third-order valence-corrected chi connectivity index (χ3v) is 4.06. The van der Waals surface area contributed by atoms with Crippen molar-refractivity contribution >= 4 is 27.3 Å². The molecule has 17 heavy (non-hydrogen) atoms. The Balaban J connectivity index is 2.13. The van der Waals surface area contributed by atoms with Crippen molar-refractivity contribution in [1.82, 2.24) is 15.4 Å². The van der Waals surface area contributed by atoms with Crippen molar-refractivity contribution in [1.29, 1.82) is 0 Å². The molecule has 4 nitrogen and oxygen atoms in total. The van der Waals surface area contributed by atoms with Gasteiger partial charge < -0.3 is 0 Å². The molecule has 0 bridgehead atoms. The van der Waals surface area contributed by atoms with E-state index < -0.39 is 0 Å². The van der Waals surface area contributed by atoms with Crippen LogP contribution in [0.4, 0.5) is 0 Å². The van der Waals surface area contributed by atoms with E-state index in [1.165, 1.54) is 4.88 Å². The van der Waals surface area contributed by atoms with Crippen molar-refractivity contribution in [3.8, 4) is 0 Å². The number of aryl methyl sites for hydroxylation is 1. The molecular formula is C11H13BrN4S. The molecule has 2 rings (SSSR count). The summed E-state index contributed by atoms with van der Waals surface area (Å²) in [4.78, 5) is 9.82. The Morgan fingerprint density at radius 1 is 1.47 bits per heavy atom. The van der Waals surface area contributed by atoms with Crippen LogP contribution in [0.2, 0.25) is 0 Å². The molecule has 2 aromatic heterocycles. The molecule has 2 aromatic rings. The average molecular weight is 313 g/mol. The van der Waals surface area contributed by atoms with Gasteiger partial charge in [-0.15, -0.1) is 11.3 Å². The Hall–Kier alpha value is -0.820. The molecule has 0 fully saturated rings. The van der Waals surface area contributed by atoms with Crippen LogP contribution in [0, 0.1) is 6.92 Å². The number of nitrogens with two attached hydrogens (primary N) is 1. The number of nitrogens with one attached hydrogen (secondary N) is 1. The number of halogens is 1. The predicted molar refractivity (Wildman–Crippen MR) is 72.6 cm³/mol. The number of hydrogen-bond acceptors (Lipinski definition) is 5. The van der Waals surface area contributed by atoms with E-state index in [1.54, 1.807) is 23.7 Å². The van der Waals surface area contributed by atoms with Crippen molar-refractivity contribution < 1.29 is 0 Å². The van der Waals surface area contributed by atoms with Crippen molar-refractivity contribution in [3.63, 3.8) is 0 Å². The quantitative estimate of drug-likeness (QED) is 0.672. The second-order valence-corrected chi connectivity index (χ2v) is 5.68. The Morgan fingerprint density at radius 3 is 2.71 bits per heavy atom. The molecule has 1 atom stereocenters. The first-order chi connectivity index (χ1) is 8.19. The maximum absolute atomic E-state index is 5.56. The van der Waals surface area contributed by atoms with Gasteiger partial charge in [0, 0.05) is 33.5 Å². The van der Waals surface area contributed by atoms with Gasteiger partial charge in [0.1, 0.15) is 5.82 Å². The van der Waals surface area contributed by atoms with E-state index in [9.17, 15) is 0 Å². The van der Waals surface area contributed by atoms with Crippen LogP contribution in [0.25, 0.3) is 0 Å². The molecule has 0 aliphatic rings. The van der Waals surface area contributed by atoms with Crippen LogP contribution in [0.5, 0.6) is 0 Å². The van der Waals surface area contributed by atoms with Gasteiger partial charge in [-0.25, -0.2) is 15.4 Å². The molecule has 0 saturated carbocycles. The average Bonchev–Trinajstić information content (AvgIpc) is 2.73. The second kappa shape index (κ2) is 5.68. The summed E-state index contributed by atoms with van der Waals surface area (Å²) in [5.41, 5.74) is 3.81. The Bertz CT molecular complexity index is 482. The monoisotopic (exact) mass is 312 g/mol. The molecule has 0 saturated heterocycles. The van der Waals surface area contributed by atoms with Gasteiger partial charge in [-0.3, -0.25) is 5.84 Å². The van der Waals surface area contributed by atoms with Gasteiger partial charge in [0.15, 0.2) is 0 Å². The summed E-state index contributed by atoms with van der Waals surface area (Å²) in [6.45, 7) is 1.96. The van der Waals surface area contributed by atoms with Crippen molar-refractivity contribution in [2.45, 2.75) is 19.4 Å². The third kappa shape index (κ3) is 3.32. The van der Waals surface area contributed by atoms with Crippen LogP contribution in [-0.2, 0) is 6.42 Å². The lowest BCUT2D eigenvalue weighted by molar-refractivity contribution is 0.525. The molecule has 0 amide bonds. The SMILES string of the molecule is Cc1cnc(C(Cc2cc(Br)cs2)NN)nc1. The third-order valence-electron chi connectivity index (χ3n) is 2.34. The number of rotatable bonds is 4. The summed E-state index contributed by atoms with van der Waals surface area (Å²) in [5.74, 6) is 6.29. The van der Waals surface area contributed by atoms with E-state index in [2.05, 4.69) is 42.8 Å². The summed E-state index contributed by atoms with van der Waals surface area (Å²) in [6, 6.07) is 2.03. The number of hydrazine groups is 1. The van der Waals surface area contributed by atoms with Gasteiger partial charge in [0.2, 0.25) is 0 Å². The molecule has 0 aliphatic heterocycles. The van der Waals surface area contributed by atoms with E-state index in [0.717, 1.165) is 22.3 Å². The molecule has 0 spiro atoms. The molecule has 0 aliphatic carbocycles. The van der Waals surface area contributed by atoms with E-state index >= 15 is 0 Å². The van der Waals surface area contributed by atoms with E-state index in [0.29, 0.717) is 0 Å². The minimum atomic E-state index is -0.0545. The highest BCUT2D eigenvalue weighted by Gasteiger charge is 2.14. The van der Waals surface area contributed by atoms with Crippen molar-refractivity contribution in [3.05, 3.63) is 44.6 Å². The summed E-state index contributed by atoms with van der Waals surface area (Å²) < 4.78 is 1.10. The van der Waals surface area contributed by atoms with Crippen LogP contribution < -0.4 is 11.3 Å². The Kier molecular flexibility index (Phi) is 4.22. The van der Waals surface area contributed by atoms with Gasteiger partial charge in [-0.2, -0.15) is 0 Å². The fourth-order valence-electron chi connectivity index (χ4n) is 1.47. The van der Waals surface area contributed by atoms with Gasteiger partial charge >= 0.3 is 0 Å². The zero-order chi connectivity index (χ0) is 12.3. The minimum Gasteiger partial charge on any atom is -0.271 e. The summed E-state index contributed by atoms with van der Waals surface area (Å²) >= 11 is 5.13. The standard InChI is InChI=1S/C11H13BrN4S/c1-7-4-14-11(15-5-7)10(16-13)3-9-2-8(12)6-17-9/h2,4-6,10,16H,3,13H2,1H3. The van der Waals surface area contributed by atoms with Crippen LogP contribution in [0.15, 0.2) is 28.3 Å². The lowest BCUT2D eigenvalue weighted by Gasteiger charge is -2.13. The number of aromatic nitrogens is 2. The molecule has 0 aromatic carbocycles. The predicted octanol–water partition coefficient (Wildman–Crippen LogP) is 2.36. The highest BCUT2D eigenvalue weighted by molar-refractivity contribution is 9.10. The number of hydrogen-bond donors (Lipinski definition) is 2. The molecular weight excluding hydrogens is 300 g/mol. The highest BCUT2D eigenvalue weighted by Crippen LogP contribution is 2.24. The van der Waals surface area contributed by atoms with Crippen molar-refractivity contribution in [2.24, 2.45) is 5.84 Å². The number of thiophene rings is 1. The highest BCUT2D eigenvalue weighted by atomic mass is 79.9. The van der Waals surface area contributed by atoms with E-state index in [1.807, 2.05) is 6.92 Å². The summed E-state index contributed by atoms with van der Waals surface area (Å²) in [7, 11) is 0. The fourth-order valence-corrected chi connectivity index (χ4v) is 2.97. The normalized spacial score (nSPS) is 12.6. The first-order valence-electron chi connectivity index (χ1n) is 5.16. The van der Waals surface area contributed by atoms with E-state index in [4.69, 9.17) is 5.84 Å². The smallest absolute Gasteiger partial charge is 0.146 e. The maximum Gasteiger partial charge on any atom is 0.146 e. The largest absolute Gasteiger partial charge is 0.271 e. The van der Waals surface area contributed by atoms with E-state index in [-0.39, 0.29) is 6.04 Å². The topological polar surface area (TPSA) is 63.8 Å². The lowest BCUT2D eigenvalue weighted by Crippen LogP contribution is -2.30. The van der Waals surface area contributed by atoms with Crippen LogP contribution in [0.3, 0.4) is 0 Å². The Morgan fingerprint density at radius 2 is 2.18 bits per heavy atom. The summed E-state index contributed by atoms with van der Waals surface area (Å²) in [6.07, 6.45) is 4.39. The molecule has 3 N–H and O–H groups in total. The van der Waals surface area contributed by atoms with Gasteiger partial charge in [-0.1, -0.05) is 0 Å².